The van der Waals surface area contributed by atoms with Crippen LogP contribution in [0.4, 0.5) is 0 Å². The number of aliphatic hydroxyl groups is 1. The van der Waals surface area contributed by atoms with Crippen molar-refractivity contribution in [2.75, 3.05) is 6.61 Å². The molecule has 0 spiro atoms. The molecule has 188 valence electrons. The summed E-state index contributed by atoms with van der Waals surface area (Å²) in [5.74, 6) is 0.822. The number of hydrogen-bond donors (Lipinski definition) is 1. The number of ether oxygens (including phenoxy) is 2. The Bertz CT molecular complexity index is 565. The quantitative estimate of drug-likeness (QED) is 0.362. The summed E-state index contributed by atoms with van der Waals surface area (Å²) in [4.78, 5) is 0. The van der Waals surface area contributed by atoms with E-state index in [2.05, 4.69) is 53.7 Å². The lowest BCUT2D eigenvalue weighted by molar-refractivity contribution is 0.0157. The minimum absolute atomic E-state index is 0.000599. The molecular weight excluding hydrogens is 396 g/mol. The van der Waals surface area contributed by atoms with Crippen molar-refractivity contribution < 1.29 is 14.6 Å². The summed E-state index contributed by atoms with van der Waals surface area (Å²) in [6, 6.07) is 4.28. The second-order valence-electron chi connectivity index (χ2n) is 9.66. The number of hydrogen-bond acceptors (Lipinski definition) is 3. The maximum absolute atomic E-state index is 9.83. The van der Waals surface area contributed by atoms with Crippen molar-refractivity contribution in [2.45, 2.75) is 144 Å². The van der Waals surface area contributed by atoms with Crippen molar-refractivity contribution in [1.82, 2.24) is 0 Å². The van der Waals surface area contributed by atoms with Gasteiger partial charge in [-0.25, -0.2) is 0 Å². The fourth-order valence-corrected chi connectivity index (χ4v) is 3.74. The summed E-state index contributed by atoms with van der Waals surface area (Å²) in [7, 11) is 0. The van der Waals surface area contributed by atoms with Crippen molar-refractivity contribution in [1.29, 1.82) is 0 Å². The molecule has 1 aliphatic rings. The SMILES string of the molecule is CC.CCCCCC.CCCOc1c(CO)cc(C(C)(C)C)cc1COC1CCCCC1. The zero-order valence-corrected chi connectivity index (χ0v) is 22.7. The van der Waals surface area contributed by atoms with Gasteiger partial charge in [0.1, 0.15) is 5.75 Å². The molecule has 0 heterocycles. The van der Waals surface area contributed by atoms with E-state index < -0.39 is 0 Å². The van der Waals surface area contributed by atoms with Crippen molar-refractivity contribution in [3.8, 4) is 5.75 Å². The first-order valence-corrected chi connectivity index (χ1v) is 13.4. The van der Waals surface area contributed by atoms with E-state index in [1.54, 1.807) is 0 Å². The number of rotatable bonds is 10. The van der Waals surface area contributed by atoms with Gasteiger partial charge in [0, 0.05) is 11.1 Å². The summed E-state index contributed by atoms with van der Waals surface area (Å²) in [6.07, 6.45) is 13.1. The lowest BCUT2D eigenvalue weighted by atomic mass is 9.84. The molecule has 1 N–H and O–H groups in total. The average Bonchev–Trinajstić information content (AvgIpc) is 2.81. The first-order valence-electron chi connectivity index (χ1n) is 13.4. The van der Waals surface area contributed by atoms with Gasteiger partial charge in [0.25, 0.3) is 0 Å². The van der Waals surface area contributed by atoms with Crippen LogP contribution in [-0.4, -0.2) is 17.8 Å². The second-order valence-corrected chi connectivity index (χ2v) is 9.66. The molecule has 0 aliphatic heterocycles. The highest BCUT2D eigenvalue weighted by Crippen LogP contribution is 2.33. The Kier molecular flexibility index (Phi) is 17.8. The summed E-state index contributed by atoms with van der Waals surface area (Å²) in [5.41, 5.74) is 3.20. The van der Waals surface area contributed by atoms with Crippen LogP contribution in [0.2, 0.25) is 0 Å². The lowest BCUT2D eigenvalue weighted by Gasteiger charge is -2.26. The Labute approximate surface area is 200 Å². The van der Waals surface area contributed by atoms with Crippen LogP contribution < -0.4 is 4.74 Å². The Morgan fingerprint density at radius 1 is 0.875 bits per heavy atom. The Morgan fingerprint density at radius 3 is 1.91 bits per heavy atom. The van der Waals surface area contributed by atoms with Gasteiger partial charge < -0.3 is 14.6 Å². The van der Waals surface area contributed by atoms with Gasteiger partial charge in [-0.1, -0.05) is 100 Å². The van der Waals surface area contributed by atoms with Crippen molar-refractivity contribution in [3.05, 3.63) is 28.8 Å². The molecule has 1 saturated carbocycles. The van der Waals surface area contributed by atoms with E-state index in [0.717, 1.165) is 36.1 Å². The van der Waals surface area contributed by atoms with Crippen molar-refractivity contribution in [2.24, 2.45) is 0 Å². The second kappa shape index (κ2) is 18.4. The molecule has 1 aliphatic carbocycles. The molecular formula is C29H54O3. The fraction of sp³-hybridized carbons (Fsp3) is 0.793. The molecule has 3 nitrogen and oxygen atoms in total. The van der Waals surface area contributed by atoms with E-state index in [1.807, 2.05) is 13.8 Å². The van der Waals surface area contributed by atoms with Crippen molar-refractivity contribution in [3.63, 3.8) is 0 Å². The molecule has 0 radical (unpaired) electrons. The van der Waals surface area contributed by atoms with Crippen LogP contribution in [-0.2, 0) is 23.4 Å². The van der Waals surface area contributed by atoms with Crippen LogP contribution in [0.25, 0.3) is 0 Å². The minimum atomic E-state index is -0.000599. The van der Waals surface area contributed by atoms with E-state index in [4.69, 9.17) is 9.47 Å². The first kappa shape index (κ1) is 30.9. The van der Waals surface area contributed by atoms with E-state index in [0.29, 0.717) is 19.3 Å². The van der Waals surface area contributed by atoms with Gasteiger partial charge in [-0.2, -0.15) is 0 Å². The Morgan fingerprint density at radius 2 is 1.44 bits per heavy atom. The third-order valence-corrected chi connectivity index (χ3v) is 5.71. The standard InChI is InChI=1S/C21H34O3.C6H14.C2H6/c1-5-11-23-20-16(14-22)12-18(21(2,3)4)13-17(20)15-24-19-9-7-6-8-10-19;1-3-5-6-4-2;1-2/h12-13,19,22H,5-11,14-15H2,1-4H3;3-6H2,1-2H3;1-2H3. The van der Waals surface area contributed by atoms with Crippen molar-refractivity contribution >= 4 is 0 Å². The lowest BCUT2D eigenvalue weighted by Crippen LogP contribution is -2.18. The highest BCUT2D eigenvalue weighted by molar-refractivity contribution is 5.46. The predicted molar refractivity (Wildman–Crippen MR) is 140 cm³/mol. The maximum atomic E-state index is 9.83. The van der Waals surface area contributed by atoms with Gasteiger partial charge in [-0.15, -0.1) is 0 Å². The number of aliphatic hydroxyl groups excluding tert-OH is 1. The maximum Gasteiger partial charge on any atom is 0.130 e. The average molecular weight is 451 g/mol. The molecule has 0 aromatic heterocycles. The molecule has 0 atom stereocenters. The number of unbranched alkanes of at least 4 members (excludes halogenated alkanes) is 3. The zero-order valence-electron chi connectivity index (χ0n) is 22.7. The van der Waals surface area contributed by atoms with E-state index in [-0.39, 0.29) is 12.0 Å². The molecule has 1 aromatic carbocycles. The van der Waals surface area contributed by atoms with Gasteiger partial charge in [0.2, 0.25) is 0 Å². The molecule has 1 fully saturated rings. The van der Waals surface area contributed by atoms with E-state index in [1.165, 1.54) is 50.5 Å². The topological polar surface area (TPSA) is 38.7 Å². The highest BCUT2D eigenvalue weighted by Gasteiger charge is 2.21. The summed E-state index contributed by atoms with van der Waals surface area (Å²) < 4.78 is 12.2. The predicted octanol–water partition coefficient (Wildman–Crippen LogP) is 8.73. The largest absolute Gasteiger partial charge is 0.493 e. The molecule has 1 aromatic rings. The molecule has 32 heavy (non-hydrogen) atoms. The Hall–Kier alpha value is -1.06. The van der Waals surface area contributed by atoms with Gasteiger partial charge >= 0.3 is 0 Å². The third-order valence-electron chi connectivity index (χ3n) is 5.71. The normalized spacial score (nSPS) is 14.2. The van der Waals surface area contributed by atoms with E-state index >= 15 is 0 Å². The van der Waals surface area contributed by atoms with Gasteiger partial charge in [-0.05, 0) is 42.4 Å². The van der Waals surface area contributed by atoms with Gasteiger partial charge in [0.15, 0.2) is 0 Å². The summed E-state index contributed by atoms with van der Waals surface area (Å²) >= 11 is 0. The van der Waals surface area contributed by atoms with E-state index in [9.17, 15) is 5.11 Å². The molecule has 0 saturated heterocycles. The molecule has 0 unspecified atom stereocenters. The number of benzene rings is 1. The van der Waals surface area contributed by atoms with Crippen LogP contribution in [0.1, 0.15) is 136 Å². The molecule has 2 rings (SSSR count). The monoisotopic (exact) mass is 450 g/mol. The van der Waals surface area contributed by atoms with Gasteiger partial charge in [0.05, 0.1) is 25.9 Å². The molecule has 3 heteroatoms. The van der Waals surface area contributed by atoms with Crippen LogP contribution >= 0.6 is 0 Å². The first-order chi connectivity index (χ1) is 15.4. The molecule has 0 amide bonds. The van der Waals surface area contributed by atoms with Crippen LogP contribution in [0.3, 0.4) is 0 Å². The third kappa shape index (κ3) is 12.3. The minimum Gasteiger partial charge on any atom is -0.493 e. The Balaban J connectivity index is 0.00000104. The zero-order chi connectivity index (χ0) is 24.4. The highest BCUT2D eigenvalue weighted by atomic mass is 16.5. The summed E-state index contributed by atoms with van der Waals surface area (Å²) in [5, 5.41) is 9.83. The smallest absolute Gasteiger partial charge is 0.130 e. The van der Waals surface area contributed by atoms with Crippen LogP contribution in [0, 0.1) is 0 Å². The fourth-order valence-electron chi connectivity index (χ4n) is 3.74. The van der Waals surface area contributed by atoms with Crippen LogP contribution in [0.15, 0.2) is 12.1 Å². The van der Waals surface area contributed by atoms with Crippen LogP contribution in [0.5, 0.6) is 5.75 Å². The summed E-state index contributed by atoms with van der Waals surface area (Å²) in [6.45, 7) is 18.4. The molecule has 0 bridgehead atoms. The van der Waals surface area contributed by atoms with Gasteiger partial charge in [-0.3, -0.25) is 0 Å².